The molecular weight excluding hydrogens is 555 g/mol. The number of amides is 1. The average Bonchev–Trinajstić information content (AvgIpc) is 3.50. The van der Waals surface area contributed by atoms with Gasteiger partial charge in [-0.2, -0.15) is 0 Å². The van der Waals surface area contributed by atoms with Gasteiger partial charge in [0.1, 0.15) is 36.4 Å². The van der Waals surface area contributed by atoms with Crippen molar-refractivity contribution in [3.63, 3.8) is 0 Å². The summed E-state index contributed by atoms with van der Waals surface area (Å²) in [7, 11) is 0. The van der Waals surface area contributed by atoms with Crippen molar-refractivity contribution in [2.24, 2.45) is 0 Å². The Labute approximate surface area is 248 Å². The summed E-state index contributed by atoms with van der Waals surface area (Å²) in [5.74, 6) is -1.49. The largest absolute Gasteiger partial charge is 0.488 e. The van der Waals surface area contributed by atoms with E-state index in [0.29, 0.717) is 41.0 Å². The Morgan fingerprint density at radius 2 is 1.37 bits per heavy atom. The molecule has 8 heteroatoms. The minimum Gasteiger partial charge on any atom is -0.488 e. The van der Waals surface area contributed by atoms with Crippen LogP contribution in [0.1, 0.15) is 65.2 Å². The zero-order valence-corrected chi connectivity index (χ0v) is 23.6. The molecule has 0 aromatic heterocycles. The maximum Gasteiger partial charge on any atom is 0.338 e. The van der Waals surface area contributed by atoms with E-state index in [1.807, 2.05) is 0 Å². The fraction of sp³-hybridized carbons (Fsp3) is 0.200. The van der Waals surface area contributed by atoms with E-state index in [2.05, 4.69) is 5.32 Å². The molecule has 0 atom stereocenters. The Bertz CT molecular complexity index is 1660. The lowest BCUT2D eigenvalue weighted by Crippen LogP contribution is -2.12. The van der Waals surface area contributed by atoms with Crippen molar-refractivity contribution in [3.05, 3.63) is 130 Å². The van der Waals surface area contributed by atoms with E-state index in [1.54, 1.807) is 43.3 Å². The van der Waals surface area contributed by atoms with Crippen LogP contribution in [0.25, 0.3) is 11.1 Å². The molecule has 5 rings (SSSR count). The van der Waals surface area contributed by atoms with Gasteiger partial charge in [0.25, 0.3) is 0 Å². The summed E-state index contributed by atoms with van der Waals surface area (Å²) in [5, 5.41) is 2.83. The van der Waals surface area contributed by atoms with Crippen LogP contribution >= 0.6 is 0 Å². The second-order valence-electron chi connectivity index (χ2n) is 10.3. The highest BCUT2D eigenvalue weighted by molar-refractivity contribution is 5.99. The molecule has 0 saturated carbocycles. The minimum atomic E-state index is -0.604. The molecule has 0 fully saturated rings. The van der Waals surface area contributed by atoms with Crippen molar-refractivity contribution in [1.29, 1.82) is 0 Å². The number of rotatable bonds is 10. The Kier molecular flexibility index (Phi) is 9.25. The molecule has 5 nitrogen and oxygen atoms in total. The molecule has 0 saturated heterocycles. The molecule has 0 aliphatic heterocycles. The standard InChI is InChI=1S/C35H30F3NO4/c1-2-34(40)39-29-17-24(16-25(18-29)35(41)43-21-23-8-12-27(37)13-9-23)30-4-3-5-31(30)32-19-28(38)14-15-33(32)42-20-22-6-10-26(36)11-7-22/h6-19H,2-5,20-21H2,1H3,(H,39,40). The molecule has 220 valence electrons. The van der Waals surface area contributed by atoms with Crippen LogP contribution in [0, 0.1) is 17.5 Å². The van der Waals surface area contributed by atoms with Crippen LogP contribution in [-0.4, -0.2) is 11.9 Å². The third kappa shape index (κ3) is 7.52. The Balaban J connectivity index is 1.48. The Hall–Kier alpha value is -4.85. The van der Waals surface area contributed by atoms with Gasteiger partial charge in [0, 0.05) is 17.7 Å². The molecule has 0 heterocycles. The van der Waals surface area contributed by atoms with E-state index < -0.39 is 11.8 Å². The molecule has 1 amide bonds. The van der Waals surface area contributed by atoms with Crippen LogP contribution in [-0.2, 0) is 22.7 Å². The normalized spacial score (nSPS) is 12.7. The topological polar surface area (TPSA) is 64.6 Å². The van der Waals surface area contributed by atoms with Gasteiger partial charge in [0.15, 0.2) is 0 Å². The smallest absolute Gasteiger partial charge is 0.338 e. The molecule has 1 aliphatic rings. The zero-order valence-electron chi connectivity index (χ0n) is 23.6. The maximum absolute atomic E-state index is 14.6. The van der Waals surface area contributed by atoms with Gasteiger partial charge in [0.2, 0.25) is 5.91 Å². The van der Waals surface area contributed by atoms with Gasteiger partial charge in [-0.05, 0) is 108 Å². The van der Waals surface area contributed by atoms with Crippen LogP contribution in [0.2, 0.25) is 0 Å². The van der Waals surface area contributed by atoms with Gasteiger partial charge in [-0.1, -0.05) is 31.2 Å². The SMILES string of the molecule is CCC(=O)Nc1cc(C(=O)OCc2ccc(F)cc2)cc(C2=C(c3cc(F)ccc3OCc3ccc(F)cc3)CCC2)c1. The monoisotopic (exact) mass is 585 g/mol. The predicted molar refractivity (Wildman–Crippen MR) is 159 cm³/mol. The molecule has 4 aromatic carbocycles. The van der Waals surface area contributed by atoms with Gasteiger partial charge in [-0.3, -0.25) is 4.79 Å². The van der Waals surface area contributed by atoms with E-state index in [9.17, 15) is 22.8 Å². The number of carbonyl (C=O) groups is 2. The number of hydrogen-bond donors (Lipinski definition) is 1. The highest BCUT2D eigenvalue weighted by Gasteiger charge is 2.23. The summed E-state index contributed by atoms with van der Waals surface area (Å²) < 4.78 is 52.7. The van der Waals surface area contributed by atoms with Crippen molar-refractivity contribution < 1.29 is 32.2 Å². The van der Waals surface area contributed by atoms with Crippen LogP contribution in [0.5, 0.6) is 5.75 Å². The predicted octanol–water partition coefficient (Wildman–Crippen LogP) is 8.48. The lowest BCUT2D eigenvalue weighted by molar-refractivity contribution is -0.115. The number of anilines is 1. The number of hydrogen-bond acceptors (Lipinski definition) is 4. The quantitative estimate of drug-likeness (QED) is 0.190. The molecule has 1 aliphatic carbocycles. The third-order valence-electron chi connectivity index (χ3n) is 7.20. The first kappa shape index (κ1) is 29.6. The van der Waals surface area contributed by atoms with Gasteiger partial charge in [0.05, 0.1) is 5.56 Å². The van der Waals surface area contributed by atoms with E-state index in [1.165, 1.54) is 48.5 Å². The highest BCUT2D eigenvalue weighted by Crippen LogP contribution is 2.44. The molecule has 0 unspecified atom stereocenters. The molecule has 0 radical (unpaired) electrons. The van der Waals surface area contributed by atoms with Crippen molar-refractivity contribution in [3.8, 4) is 5.75 Å². The van der Waals surface area contributed by atoms with E-state index in [0.717, 1.165) is 23.1 Å². The Morgan fingerprint density at radius 3 is 2.05 bits per heavy atom. The molecule has 0 spiro atoms. The maximum atomic E-state index is 14.6. The molecular formula is C35H30F3NO4. The van der Waals surface area contributed by atoms with Crippen LogP contribution in [0.4, 0.5) is 18.9 Å². The third-order valence-corrected chi connectivity index (χ3v) is 7.20. The Morgan fingerprint density at radius 1 is 0.744 bits per heavy atom. The summed E-state index contributed by atoms with van der Waals surface area (Å²) in [6.45, 7) is 1.85. The molecule has 4 aromatic rings. The van der Waals surface area contributed by atoms with Crippen molar-refractivity contribution in [2.45, 2.75) is 45.8 Å². The number of carbonyl (C=O) groups excluding carboxylic acids is 2. The van der Waals surface area contributed by atoms with Gasteiger partial charge >= 0.3 is 5.97 Å². The van der Waals surface area contributed by atoms with E-state index >= 15 is 0 Å². The second kappa shape index (κ2) is 13.4. The fourth-order valence-electron chi connectivity index (χ4n) is 5.02. The number of halogens is 3. The lowest BCUT2D eigenvalue weighted by atomic mass is 9.94. The fourth-order valence-corrected chi connectivity index (χ4v) is 5.02. The first-order valence-electron chi connectivity index (χ1n) is 14.0. The van der Waals surface area contributed by atoms with Crippen LogP contribution in [0.3, 0.4) is 0 Å². The van der Waals surface area contributed by atoms with Crippen molar-refractivity contribution in [1.82, 2.24) is 0 Å². The zero-order chi connectivity index (χ0) is 30.3. The van der Waals surface area contributed by atoms with Crippen LogP contribution < -0.4 is 10.1 Å². The first-order chi connectivity index (χ1) is 20.8. The van der Waals surface area contributed by atoms with Crippen LogP contribution in [0.15, 0.2) is 84.9 Å². The summed E-state index contributed by atoms with van der Waals surface area (Å²) in [6.07, 6.45) is 2.37. The van der Waals surface area contributed by atoms with E-state index in [-0.39, 0.29) is 42.7 Å². The summed E-state index contributed by atoms with van der Waals surface area (Å²) in [5.41, 5.74) is 5.13. The average molecular weight is 586 g/mol. The number of ether oxygens (including phenoxy) is 2. The lowest BCUT2D eigenvalue weighted by Gasteiger charge is -2.16. The summed E-state index contributed by atoms with van der Waals surface area (Å²) >= 11 is 0. The molecule has 1 N–H and O–H groups in total. The number of nitrogens with one attached hydrogen (secondary N) is 1. The van der Waals surface area contributed by atoms with Gasteiger partial charge in [-0.25, -0.2) is 18.0 Å². The van der Waals surface area contributed by atoms with E-state index in [4.69, 9.17) is 9.47 Å². The molecule has 0 bridgehead atoms. The number of allylic oxidation sites excluding steroid dienone is 2. The minimum absolute atomic E-state index is 0.0496. The summed E-state index contributed by atoms with van der Waals surface area (Å²) in [6, 6.07) is 21.0. The number of benzene rings is 4. The van der Waals surface area contributed by atoms with Gasteiger partial charge in [-0.15, -0.1) is 0 Å². The van der Waals surface area contributed by atoms with Gasteiger partial charge < -0.3 is 14.8 Å². The molecule has 43 heavy (non-hydrogen) atoms. The van der Waals surface area contributed by atoms with Crippen molar-refractivity contribution in [2.75, 3.05) is 5.32 Å². The van der Waals surface area contributed by atoms with Crippen molar-refractivity contribution >= 4 is 28.7 Å². The summed E-state index contributed by atoms with van der Waals surface area (Å²) in [4.78, 5) is 25.4. The second-order valence-corrected chi connectivity index (χ2v) is 10.3. The number of esters is 1. The highest BCUT2D eigenvalue weighted by atomic mass is 19.1. The first-order valence-corrected chi connectivity index (χ1v) is 14.0.